The number of nitrogens with zero attached hydrogens (tertiary/aromatic N) is 1. The molecule has 1 saturated carbocycles. The van der Waals surface area contributed by atoms with Crippen LogP contribution in [0.15, 0.2) is 0 Å². The fraction of sp³-hybridized carbons (Fsp3) is 0.750. The highest BCUT2D eigenvalue weighted by molar-refractivity contribution is 7.80. The van der Waals surface area contributed by atoms with E-state index in [1.807, 2.05) is 0 Å². The molecule has 0 unspecified atom stereocenters. The van der Waals surface area contributed by atoms with Crippen molar-refractivity contribution in [3.8, 4) is 0 Å². The molecule has 1 aliphatic heterocycles. The lowest BCUT2D eigenvalue weighted by molar-refractivity contribution is -0.131. The topological polar surface area (TPSA) is 75.4 Å². The van der Waals surface area contributed by atoms with Gasteiger partial charge < -0.3 is 11.1 Å². The normalized spacial score (nSPS) is 21.7. The predicted molar refractivity (Wildman–Crippen MR) is 72.1 cm³/mol. The third kappa shape index (κ3) is 2.48. The molecule has 0 aromatic heterocycles. The monoisotopic (exact) mass is 269 g/mol. The second kappa shape index (κ2) is 5.22. The Morgan fingerprint density at radius 3 is 2.61 bits per heavy atom. The second-order valence-electron chi connectivity index (χ2n) is 5.10. The smallest absolute Gasteiger partial charge is 0.325 e. The molecule has 2 rings (SSSR count). The molecule has 0 bridgehead atoms. The van der Waals surface area contributed by atoms with Crippen molar-refractivity contribution in [1.82, 2.24) is 10.2 Å². The fourth-order valence-electron chi connectivity index (χ4n) is 2.77. The van der Waals surface area contributed by atoms with Crippen molar-refractivity contribution in [1.29, 1.82) is 0 Å². The molecule has 6 heteroatoms. The summed E-state index contributed by atoms with van der Waals surface area (Å²) in [6.07, 6.45) is 5.83. The zero-order chi connectivity index (χ0) is 13.2. The number of nitrogens with two attached hydrogens (primary N) is 1. The first kappa shape index (κ1) is 13.3. The molecule has 1 heterocycles. The molecule has 100 valence electrons. The maximum atomic E-state index is 12.3. The molecule has 0 atom stereocenters. The van der Waals surface area contributed by atoms with E-state index in [1.165, 1.54) is 4.90 Å². The van der Waals surface area contributed by atoms with Gasteiger partial charge in [-0.3, -0.25) is 9.69 Å². The number of amides is 3. The molecule has 0 radical (unpaired) electrons. The number of carbonyl (C=O) groups is 2. The third-order valence-electron chi connectivity index (χ3n) is 3.76. The van der Waals surface area contributed by atoms with E-state index < -0.39 is 5.54 Å². The van der Waals surface area contributed by atoms with Gasteiger partial charge in [-0.05, 0) is 32.1 Å². The third-order valence-corrected chi connectivity index (χ3v) is 3.96. The van der Waals surface area contributed by atoms with Gasteiger partial charge in [0.1, 0.15) is 5.54 Å². The van der Waals surface area contributed by atoms with Gasteiger partial charge in [0, 0.05) is 6.54 Å². The summed E-state index contributed by atoms with van der Waals surface area (Å²) in [5.74, 6) is -0.0414. The van der Waals surface area contributed by atoms with E-state index in [0.717, 1.165) is 38.5 Å². The van der Waals surface area contributed by atoms with Crippen LogP contribution in [-0.4, -0.2) is 33.9 Å². The minimum Gasteiger partial charge on any atom is -0.393 e. The number of thiocarbonyl (C=S) groups is 1. The van der Waals surface area contributed by atoms with E-state index in [2.05, 4.69) is 5.32 Å². The summed E-state index contributed by atoms with van der Waals surface area (Å²) in [5, 5.41) is 2.87. The quantitative estimate of drug-likeness (QED) is 0.448. The highest BCUT2D eigenvalue weighted by atomic mass is 32.1. The predicted octanol–water partition coefficient (Wildman–Crippen LogP) is 1.31. The van der Waals surface area contributed by atoms with E-state index in [-0.39, 0.29) is 11.9 Å². The number of nitrogens with one attached hydrogen (secondary N) is 1. The maximum absolute atomic E-state index is 12.3. The van der Waals surface area contributed by atoms with Crippen molar-refractivity contribution in [2.24, 2.45) is 5.73 Å². The fourth-order valence-corrected chi connectivity index (χ4v) is 2.91. The summed E-state index contributed by atoms with van der Waals surface area (Å²) in [6, 6.07) is -0.239. The minimum atomic E-state index is -0.583. The van der Waals surface area contributed by atoms with E-state index in [9.17, 15) is 9.59 Å². The number of hydrogen-bond donors (Lipinski definition) is 2. The summed E-state index contributed by atoms with van der Waals surface area (Å²) >= 11 is 4.79. The van der Waals surface area contributed by atoms with E-state index in [0.29, 0.717) is 18.0 Å². The van der Waals surface area contributed by atoms with Crippen LogP contribution in [-0.2, 0) is 4.79 Å². The Kier molecular flexibility index (Phi) is 3.85. The average molecular weight is 269 g/mol. The van der Waals surface area contributed by atoms with Crippen LogP contribution in [0.25, 0.3) is 0 Å². The molecule has 3 N–H and O–H groups in total. The van der Waals surface area contributed by atoms with Gasteiger partial charge in [0.25, 0.3) is 5.91 Å². The van der Waals surface area contributed by atoms with Crippen LogP contribution in [0.5, 0.6) is 0 Å². The molecule has 1 saturated heterocycles. The number of urea groups is 1. The highest BCUT2D eigenvalue weighted by Gasteiger charge is 2.51. The van der Waals surface area contributed by atoms with Gasteiger partial charge in [0.05, 0.1) is 4.99 Å². The molecular formula is C12H19N3O2S. The molecule has 0 aromatic rings. The first-order chi connectivity index (χ1) is 8.55. The minimum absolute atomic E-state index is 0.0414. The zero-order valence-electron chi connectivity index (χ0n) is 10.4. The standard InChI is InChI=1S/C12H19N3O2S/c13-9(18)5-1-4-8-15-10(16)12(14-11(15)17)6-2-3-7-12/h1-8H2,(H2,13,18)(H,14,17). The van der Waals surface area contributed by atoms with Crippen molar-refractivity contribution in [3.63, 3.8) is 0 Å². The van der Waals surface area contributed by atoms with Crippen LogP contribution in [0, 0.1) is 0 Å². The molecule has 2 aliphatic rings. The van der Waals surface area contributed by atoms with Gasteiger partial charge in [0.2, 0.25) is 0 Å². The van der Waals surface area contributed by atoms with Gasteiger partial charge in [-0.25, -0.2) is 4.79 Å². The van der Waals surface area contributed by atoms with Gasteiger partial charge in [-0.1, -0.05) is 25.1 Å². The molecule has 1 aliphatic carbocycles. The lowest BCUT2D eigenvalue weighted by Gasteiger charge is -2.19. The largest absolute Gasteiger partial charge is 0.393 e. The summed E-state index contributed by atoms with van der Waals surface area (Å²) in [4.78, 5) is 25.9. The van der Waals surface area contributed by atoms with E-state index in [1.54, 1.807) is 0 Å². The Labute approximate surface area is 112 Å². The Morgan fingerprint density at radius 1 is 1.33 bits per heavy atom. The Morgan fingerprint density at radius 2 is 2.00 bits per heavy atom. The molecule has 2 fully saturated rings. The van der Waals surface area contributed by atoms with Crippen molar-refractivity contribution in [2.75, 3.05) is 6.54 Å². The van der Waals surface area contributed by atoms with Gasteiger partial charge >= 0.3 is 6.03 Å². The summed E-state index contributed by atoms with van der Waals surface area (Å²) in [6.45, 7) is 0.467. The van der Waals surface area contributed by atoms with Gasteiger partial charge in [-0.2, -0.15) is 0 Å². The van der Waals surface area contributed by atoms with Crippen molar-refractivity contribution >= 4 is 29.1 Å². The second-order valence-corrected chi connectivity index (χ2v) is 5.62. The lowest BCUT2D eigenvalue weighted by Crippen LogP contribution is -2.44. The number of unbranched alkanes of at least 4 members (excludes halogenated alkanes) is 1. The highest BCUT2D eigenvalue weighted by Crippen LogP contribution is 2.35. The van der Waals surface area contributed by atoms with Crippen molar-refractivity contribution < 1.29 is 9.59 Å². The number of rotatable bonds is 5. The first-order valence-corrected chi connectivity index (χ1v) is 6.88. The molecule has 3 amide bonds. The number of hydrogen-bond acceptors (Lipinski definition) is 3. The van der Waals surface area contributed by atoms with E-state index >= 15 is 0 Å². The molecule has 0 aromatic carbocycles. The van der Waals surface area contributed by atoms with Crippen molar-refractivity contribution in [3.05, 3.63) is 0 Å². The summed E-state index contributed by atoms with van der Waals surface area (Å²) < 4.78 is 0. The summed E-state index contributed by atoms with van der Waals surface area (Å²) in [5.41, 5.74) is 4.82. The number of imide groups is 1. The lowest BCUT2D eigenvalue weighted by atomic mass is 9.98. The average Bonchev–Trinajstić information content (AvgIpc) is 2.85. The Bertz CT molecular complexity index is 378. The van der Waals surface area contributed by atoms with Crippen LogP contribution in [0.4, 0.5) is 4.79 Å². The summed E-state index contributed by atoms with van der Waals surface area (Å²) in [7, 11) is 0. The van der Waals surface area contributed by atoms with Crippen molar-refractivity contribution in [2.45, 2.75) is 50.5 Å². The first-order valence-electron chi connectivity index (χ1n) is 6.48. The Hall–Kier alpha value is -1.17. The van der Waals surface area contributed by atoms with Gasteiger partial charge in [-0.15, -0.1) is 0 Å². The molecule has 5 nitrogen and oxygen atoms in total. The maximum Gasteiger partial charge on any atom is 0.325 e. The molecule has 1 spiro atoms. The SMILES string of the molecule is NC(=S)CCCCN1C(=O)NC2(CCCC2)C1=O. The zero-order valence-corrected chi connectivity index (χ0v) is 11.2. The van der Waals surface area contributed by atoms with Crippen LogP contribution < -0.4 is 11.1 Å². The van der Waals surface area contributed by atoms with Crippen LogP contribution in [0.1, 0.15) is 44.9 Å². The van der Waals surface area contributed by atoms with Crippen LogP contribution in [0.2, 0.25) is 0 Å². The Balaban J connectivity index is 1.87. The molecule has 18 heavy (non-hydrogen) atoms. The van der Waals surface area contributed by atoms with Crippen LogP contribution >= 0.6 is 12.2 Å². The number of carbonyl (C=O) groups excluding carboxylic acids is 2. The molecular weight excluding hydrogens is 250 g/mol. The van der Waals surface area contributed by atoms with Gasteiger partial charge in [0.15, 0.2) is 0 Å². The van der Waals surface area contributed by atoms with E-state index in [4.69, 9.17) is 18.0 Å². The van der Waals surface area contributed by atoms with Crippen LogP contribution in [0.3, 0.4) is 0 Å².